The molecule has 41 heavy (non-hydrogen) atoms. The van der Waals surface area contributed by atoms with E-state index < -0.39 is 0 Å². The fourth-order valence-corrected chi connectivity index (χ4v) is 6.24. The highest BCUT2D eigenvalue weighted by atomic mass is 16.5. The fourth-order valence-electron chi connectivity index (χ4n) is 6.24. The molecule has 6 rings (SSSR count). The first-order chi connectivity index (χ1) is 19.9. The smallest absolute Gasteiger partial charge is 0.338 e. The molecule has 0 radical (unpaired) electrons. The maximum Gasteiger partial charge on any atom is 0.338 e. The molecule has 0 unspecified atom stereocenters. The molecule has 4 aromatic rings. The first-order valence-electron chi connectivity index (χ1n) is 14.2. The van der Waals surface area contributed by atoms with Gasteiger partial charge >= 0.3 is 11.9 Å². The molecule has 2 aliphatic heterocycles. The van der Waals surface area contributed by atoms with Gasteiger partial charge in [-0.3, -0.25) is 0 Å². The lowest BCUT2D eigenvalue weighted by Gasteiger charge is -2.47. The number of esters is 2. The maximum atomic E-state index is 12.2. The molecule has 0 N–H and O–H groups in total. The summed E-state index contributed by atoms with van der Waals surface area (Å²) in [5, 5.41) is 0. The van der Waals surface area contributed by atoms with Crippen molar-refractivity contribution in [2.24, 2.45) is 0 Å². The van der Waals surface area contributed by atoms with Crippen LogP contribution in [0.5, 0.6) is 0 Å². The molecule has 0 fully saturated rings. The predicted molar refractivity (Wildman–Crippen MR) is 162 cm³/mol. The lowest BCUT2D eigenvalue weighted by molar-refractivity contribution is 0.0517. The molecule has 0 aromatic heterocycles. The molecule has 2 heterocycles. The van der Waals surface area contributed by atoms with Gasteiger partial charge in [0.25, 0.3) is 0 Å². The van der Waals surface area contributed by atoms with Gasteiger partial charge in [0.15, 0.2) is 0 Å². The van der Waals surface area contributed by atoms with Crippen LogP contribution in [0, 0.1) is 13.8 Å². The number of benzene rings is 4. The van der Waals surface area contributed by atoms with E-state index in [0.717, 1.165) is 30.9 Å². The number of ether oxygens (including phenoxy) is 2. The van der Waals surface area contributed by atoms with E-state index in [0.29, 0.717) is 24.3 Å². The zero-order chi connectivity index (χ0) is 28.7. The van der Waals surface area contributed by atoms with Crippen LogP contribution in [0.25, 0.3) is 22.3 Å². The van der Waals surface area contributed by atoms with Crippen molar-refractivity contribution in [2.75, 3.05) is 29.7 Å². The number of carbonyl (C=O) groups is 2. The topological polar surface area (TPSA) is 59.1 Å². The number of carbonyl (C=O) groups excluding carboxylic acids is 2. The molecule has 0 saturated heterocycles. The third kappa shape index (κ3) is 4.73. The summed E-state index contributed by atoms with van der Waals surface area (Å²) in [6.07, 6.45) is 0. The SMILES string of the molecule is CCOC(=O)c1ccc(-c2ccc(C)c3c2CN2CN3Cc3c(-c4ccc(C(=O)OCC)cc4)ccc(C)c32)cc1. The molecule has 2 aliphatic rings. The monoisotopic (exact) mass is 546 g/mol. The minimum Gasteiger partial charge on any atom is -0.462 e. The summed E-state index contributed by atoms with van der Waals surface area (Å²) in [4.78, 5) is 29.3. The Morgan fingerprint density at radius 1 is 0.610 bits per heavy atom. The van der Waals surface area contributed by atoms with Crippen LogP contribution in [0.15, 0.2) is 72.8 Å². The third-order valence-corrected chi connectivity index (χ3v) is 8.05. The summed E-state index contributed by atoms with van der Waals surface area (Å²) in [7, 11) is 0. The lowest BCUT2D eigenvalue weighted by atomic mass is 9.88. The Labute approximate surface area is 241 Å². The molecular weight excluding hydrogens is 512 g/mol. The van der Waals surface area contributed by atoms with E-state index in [1.54, 1.807) is 0 Å². The summed E-state index contributed by atoms with van der Waals surface area (Å²) < 4.78 is 10.3. The quantitative estimate of drug-likeness (QED) is 0.237. The number of aryl methyl sites for hydroxylation is 2. The van der Waals surface area contributed by atoms with Crippen LogP contribution in [0.4, 0.5) is 11.4 Å². The van der Waals surface area contributed by atoms with Gasteiger partial charge in [-0.1, -0.05) is 48.5 Å². The van der Waals surface area contributed by atoms with Crippen molar-refractivity contribution in [3.63, 3.8) is 0 Å². The Morgan fingerprint density at radius 3 is 1.37 bits per heavy atom. The van der Waals surface area contributed by atoms with Crippen LogP contribution >= 0.6 is 0 Å². The van der Waals surface area contributed by atoms with Gasteiger partial charge in [0, 0.05) is 35.6 Å². The number of nitrogens with zero attached hydrogens (tertiary/aromatic N) is 2. The third-order valence-electron chi connectivity index (χ3n) is 8.05. The van der Waals surface area contributed by atoms with Crippen molar-refractivity contribution < 1.29 is 19.1 Å². The summed E-state index contributed by atoms with van der Waals surface area (Å²) in [6.45, 7) is 11.1. The summed E-state index contributed by atoms with van der Waals surface area (Å²) in [6, 6.07) is 24.3. The van der Waals surface area contributed by atoms with Gasteiger partial charge in [-0.15, -0.1) is 0 Å². The highest BCUT2D eigenvalue weighted by molar-refractivity contribution is 5.92. The Balaban J connectivity index is 1.38. The lowest BCUT2D eigenvalue weighted by Crippen LogP contribution is -2.47. The van der Waals surface area contributed by atoms with Crippen LogP contribution < -0.4 is 9.80 Å². The first-order valence-corrected chi connectivity index (χ1v) is 14.2. The van der Waals surface area contributed by atoms with Crippen molar-refractivity contribution in [2.45, 2.75) is 40.8 Å². The largest absolute Gasteiger partial charge is 0.462 e. The average Bonchev–Trinajstić information content (AvgIpc) is 2.98. The van der Waals surface area contributed by atoms with Gasteiger partial charge in [-0.2, -0.15) is 0 Å². The molecule has 208 valence electrons. The van der Waals surface area contributed by atoms with Gasteiger partial charge in [0.05, 0.1) is 31.0 Å². The van der Waals surface area contributed by atoms with E-state index in [2.05, 4.69) is 47.9 Å². The molecule has 0 spiro atoms. The van der Waals surface area contributed by atoms with Crippen molar-refractivity contribution in [1.29, 1.82) is 0 Å². The van der Waals surface area contributed by atoms with Crippen LogP contribution in [-0.2, 0) is 22.6 Å². The zero-order valence-corrected chi connectivity index (χ0v) is 24.0. The van der Waals surface area contributed by atoms with Gasteiger partial charge < -0.3 is 19.3 Å². The predicted octanol–water partition coefficient (Wildman–Crippen LogP) is 7.29. The minimum absolute atomic E-state index is 0.296. The standard InChI is InChI=1S/C35H34N2O4/c1-5-40-34(38)26-13-9-24(10-14-26)28-17-7-22(3)32-30(28)19-36-21-37(32)20-31-29(18-8-23(4)33(31)36)25-11-15-27(16-12-25)35(39)41-6-2/h7-18H,5-6,19-21H2,1-4H3. The van der Waals surface area contributed by atoms with Crippen LogP contribution in [0.2, 0.25) is 0 Å². The number of hydrogen-bond donors (Lipinski definition) is 0. The Kier molecular flexibility index (Phi) is 7.00. The molecule has 6 heteroatoms. The average molecular weight is 547 g/mol. The minimum atomic E-state index is -0.296. The van der Waals surface area contributed by atoms with Gasteiger partial charge in [-0.25, -0.2) is 9.59 Å². The summed E-state index contributed by atoms with van der Waals surface area (Å²) >= 11 is 0. The molecule has 0 atom stereocenters. The second-order valence-electron chi connectivity index (χ2n) is 10.6. The van der Waals surface area contributed by atoms with Crippen molar-refractivity contribution in [3.8, 4) is 22.3 Å². The second-order valence-corrected chi connectivity index (χ2v) is 10.6. The van der Waals surface area contributed by atoms with Crippen molar-refractivity contribution >= 4 is 23.3 Å². The molecule has 0 saturated carbocycles. The molecule has 2 bridgehead atoms. The Hall–Kier alpha value is -4.58. The number of anilines is 2. The summed E-state index contributed by atoms with van der Waals surface area (Å²) in [5.74, 6) is -0.592. The normalized spacial score (nSPS) is 13.4. The molecular formula is C35H34N2O4. The molecule has 0 amide bonds. The van der Waals surface area contributed by atoms with E-state index >= 15 is 0 Å². The number of rotatable bonds is 6. The van der Waals surface area contributed by atoms with Crippen molar-refractivity contribution in [1.82, 2.24) is 0 Å². The second kappa shape index (κ2) is 10.8. The van der Waals surface area contributed by atoms with Gasteiger partial charge in [-0.05, 0) is 85.3 Å². The molecule has 4 aromatic carbocycles. The Bertz CT molecular complexity index is 1520. The van der Waals surface area contributed by atoms with Gasteiger partial charge in [0.1, 0.15) is 0 Å². The van der Waals surface area contributed by atoms with E-state index in [-0.39, 0.29) is 11.9 Å². The van der Waals surface area contributed by atoms with E-state index in [1.807, 2.05) is 62.4 Å². The van der Waals surface area contributed by atoms with Crippen molar-refractivity contribution in [3.05, 3.63) is 106 Å². The number of hydrogen-bond acceptors (Lipinski definition) is 6. The maximum absolute atomic E-state index is 12.2. The van der Waals surface area contributed by atoms with Gasteiger partial charge in [0.2, 0.25) is 0 Å². The highest BCUT2D eigenvalue weighted by Gasteiger charge is 2.34. The zero-order valence-electron chi connectivity index (χ0n) is 24.0. The molecule has 6 nitrogen and oxygen atoms in total. The first kappa shape index (κ1) is 26.6. The van der Waals surface area contributed by atoms with Crippen LogP contribution in [0.1, 0.15) is 56.8 Å². The van der Waals surface area contributed by atoms with Crippen LogP contribution in [0.3, 0.4) is 0 Å². The Morgan fingerprint density at radius 2 is 1.00 bits per heavy atom. The van der Waals surface area contributed by atoms with Crippen LogP contribution in [-0.4, -0.2) is 31.8 Å². The van der Waals surface area contributed by atoms with E-state index in [4.69, 9.17) is 9.47 Å². The number of fused-ring (bicyclic) bond motifs is 6. The molecule has 0 aliphatic carbocycles. The highest BCUT2D eigenvalue weighted by Crippen LogP contribution is 2.46. The summed E-state index contributed by atoms with van der Waals surface area (Å²) in [5.41, 5.74) is 13.3. The van der Waals surface area contributed by atoms with E-state index in [9.17, 15) is 9.59 Å². The van der Waals surface area contributed by atoms with E-state index in [1.165, 1.54) is 44.8 Å². The fraction of sp³-hybridized carbons (Fsp3) is 0.257.